The molecule has 57 heavy (non-hydrogen) atoms. The third kappa shape index (κ3) is 12.7. The highest BCUT2D eigenvalue weighted by Crippen LogP contribution is 2.31. The summed E-state index contributed by atoms with van der Waals surface area (Å²) in [4.78, 5) is 62.6. The molecule has 5 rings (SSSR count). The van der Waals surface area contributed by atoms with Crippen LogP contribution in [0.1, 0.15) is 68.6 Å². The van der Waals surface area contributed by atoms with Crippen LogP contribution in [0, 0.1) is 18.8 Å². The lowest BCUT2D eigenvalue weighted by Crippen LogP contribution is -2.51. The predicted octanol–water partition coefficient (Wildman–Crippen LogP) is 6.04. The van der Waals surface area contributed by atoms with Crippen molar-refractivity contribution in [2.24, 2.45) is 11.8 Å². The number of aromatic hydroxyl groups is 1. The van der Waals surface area contributed by atoms with Gasteiger partial charge in [0.2, 0.25) is 0 Å². The molecule has 0 spiro atoms. The summed E-state index contributed by atoms with van der Waals surface area (Å²) in [6.45, 7) is 9.81. The Morgan fingerprint density at radius 2 is 1.72 bits per heavy atom. The number of anilines is 1. The van der Waals surface area contributed by atoms with Crippen molar-refractivity contribution >= 4 is 41.3 Å². The SMILES string of the molecule is Cc1cc(C[C@@H](OC(=O)N2CCC(N3CCc4ccccc4NC3=O)CC2)C(=O)N(C)CCC(C)C2CCN(CCC(=O)OCCCN(C)C)CC2)cc(Cl)c1O. The quantitative estimate of drug-likeness (QED) is 0.154. The molecule has 2 aromatic carbocycles. The van der Waals surface area contributed by atoms with E-state index >= 15 is 0 Å². The molecule has 0 aliphatic carbocycles. The number of halogens is 1. The van der Waals surface area contributed by atoms with Crippen LogP contribution >= 0.6 is 11.6 Å². The van der Waals surface area contributed by atoms with E-state index in [-0.39, 0.29) is 41.1 Å². The van der Waals surface area contributed by atoms with Crippen molar-refractivity contribution in [3.8, 4) is 5.75 Å². The molecule has 2 N–H and O–H groups in total. The van der Waals surface area contributed by atoms with E-state index in [1.165, 1.54) is 0 Å². The second-order valence-electron chi connectivity index (χ2n) is 16.4. The van der Waals surface area contributed by atoms with Crippen LogP contribution in [-0.4, -0.2) is 146 Å². The summed E-state index contributed by atoms with van der Waals surface area (Å²) in [5, 5.41) is 13.5. The summed E-state index contributed by atoms with van der Waals surface area (Å²) >= 11 is 6.31. The molecule has 314 valence electrons. The third-order valence-corrected chi connectivity index (χ3v) is 12.2. The van der Waals surface area contributed by atoms with Crippen LogP contribution in [0.15, 0.2) is 36.4 Å². The summed E-state index contributed by atoms with van der Waals surface area (Å²) < 4.78 is 11.4. The fourth-order valence-corrected chi connectivity index (χ4v) is 8.53. The molecule has 0 bridgehead atoms. The van der Waals surface area contributed by atoms with Crippen LogP contribution in [0.2, 0.25) is 5.02 Å². The molecule has 2 atom stereocenters. The number of nitrogens with zero attached hydrogens (tertiary/aromatic N) is 5. The van der Waals surface area contributed by atoms with E-state index < -0.39 is 12.2 Å². The largest absolute Gasteiger partial charge is 0.506 e. The van der Waals surface area contributed by atoms with Crippen molar-refractivity contribution in [2.45, 2.75) is 83.8 Å². The van der Waals surface area contributed by atoms with Crippen LogP contribution in [0.25, 0.3) is 0 Å². The van der Waals surface area contributed by atoms with Gasteiger partial charge in [-0.25, -0.2) is 9.59 Å². The molecule has 0 aromatic heterocycles. The highest BCUT2D eigenvalue weighted by atomic mass is 35.5. The molecular formula is C43H63ClN6O7. The zero-order valence-electron chi connectivity index (χ0n) is 34.5. The number of nitrogens with one attached hydrogen (secondary N) is 1. The number of phenols is 1. The van der Waals surface area contributed by atoms with Gasteiger partial charge in [0.1, 0.15) is 5.75 Å². The molecule has 1 unspecified atom stereocenters. The number of carbonyl (C=O) groups excluding carboxylic acids is 4. The van der Waals surface area contributed by atoms with Crippen LogP contribution in [0.3, 0.4) is 0 Å². The number of esters is 1. The Kier molecular flexibility index (Phi) is 16.3. The smallest absolute Gasteiger partial charge is 0.410 e. The number of hydrogen-bond donors (Lipinski definition) is 2. The number of hydrogen-bond acceptors (Lipinski definition) is 9. The Balaban J connectivity index is 1.11. The van der Waals surface area contributed by atoms with Gasteiger partial charge in [0.05, 0.1) is 18.1 Å². The molecule has 3 aliphatic rings. The number of rotatable bonds is 16. The van der Waals surface area contributed by atoms with Gasteiger partial charge in [-0.1, -0.05) is 42.8 Å². The predicted molar refractivity (Wildman–Crippen MR) is 222 cm³/mol. The van der Waals surface area contributed by atoms with Crippen molar-refractivity contribution < 1.29 is 33.8 Å². The second kappa shape index (κ2) is 21.1. The van der Waals surface area contributed by atoms with E-state index in [4.69, 9.17) is 21.1 Å². The zero-order chi connectivity index (χ0) is 41.1. The number of urea groups is 1. The summed E-state index contributed by atoms with van der Waals surface area (Å²) in [6, 6.07) is 11.1. The van der Waals surface area contributed by atoms with Gasteiger partial charge in [0, 0.05) is 64.5 Å². The molecule has 3 heterocycles. The first-order chi connectivity index (χ1) is 27.3. The lowest BCUT2D eigenvalue weighted by molar-refractivity contribution is -0.144. The number of para-hydroxylation sites is 1. The van der Waals surface area contributed by atoms with E-state index in [9.17, 15) is 24.3 Å². The highest BCUT2D eigenvalue weighted by molar-refractivity contribution is 6.32. The topological polar surface area (TPSA) is 135 Å². The van der Waals surface area contributed by atoms with E-state index in [0.29, 0.717) is 81.6 Å². The molecule has 2 aromatic rings. The van der Waals surface area contributed by atoms with Crippen LogP contribution in [0.4, 0.5) is 15.3 Å². The van der Waals surface area contributed by atoms with E-state index in [1.54, 1.807) is 35.9 Å². The maximum Gasteiger partial charge on any atom is 0.410 e. The monoisotopic (exact) mass is 810 g/mol. The Morgan fingerprint density at radius 3 is 2.42 bits per heavy atom. The van der Waals surface area contributed by atoms with Gasteiger partial charge in [-0.3, -0.25) is 9.59 Å². The summed E-state index contributed by atoms with van der Waals surface area (Å²) in [5.74, 6) is 0.439. The lowest BCUT2D eigenvalue weighted by atomic mass is 9.83. The number of phenolic OH excluding ortho intramolecular Hbond substituents is 1. The van der Waals surface area contributed by atoms with Gasteiger partial charge >= 0.3 is 18.1 Å². The van der Waals surface area contributed by atoms with Crippen LogP contribution < -0.4 is 5.32 Å². The molecule has 0 saturated carbocycles. The number of carbonyl (C=O) groups is 4. The highest BCUT2D eigenvalue weighted by Gasteiger charge is 2.35. The standard InChI is InChI=1S/C43H63ClN6O7/c1-30(33-12-20-48(21-13-33)22-17-39(51)56-26-8-18-46(3)4)11-19-47(5)41(53)38(29-32-27-31(2)40(52)36(44)28-32)57-43(55)49-23-15-35(16-24-49)50-25-14-34-9-6-7-10-37(34)45-42(50)54/h6-7,9-10,27-28,30,33,35,38,52H,8,11-26,29H2,1-5H3,(H,45,54)/t30?,38-/m1/s1. The average molecular weight is 811 g/mol. The third-order valence-electron chi connectivity index (χ3n) is 11.9. The van der Waals surface area contributed by atoms with Crippen LogP contribution in [0.5, 0.6) is 5.75 Å². The number of ether oxygens (including phenoxy) is 2. The Morgan fingerprint density at radius 1 is 1.00 bits per heavy atom. The average Bonchev–Trinajstić information content (AvgIpc) is 3.37. The lowest BCUT2D eigenvalue weighted by Gasteiger charge is -2.38. The van der Waals surface area contributed by atoms with Crippen LogP contribution in [-0.2, 0) is 31.9 Å². The Hall–Kier alpha value is -4.07. The summed E-state index contributed by atoms with van der Waals surface area (Å²) in [6.07, 6.45) is 4.52. The number of fused-ring (bicyclic) bond motifs is 1. The number of piperidine rings is 2. The van der Waals surface area contributed by atoms with E-state index in [0.717, 1.165) is 63.0 Å². The van der Waals surface area contributed by atoms with Gasteiger partial charge in [-0.05, 0) is 120 Å². The molecular weight excluding hydrogens is 748 g/mol. The van der Waals surface area contributed by atoms with Crippen molar-refractivity contribution in [3.05, 3.63) is 58.1 Å². The van der Waals surface area contributed by atoms with Gasteiger partial charge < -0.3 is 44.4 Å². The van der Waals surface area contributed by atoms with Gasteiger partial charge in [-0.2, -0.15) is 0 Å². The first-order valence-electron chi connectivity index (χ1n) is 20.7. The number of benzene rings is 2. The van der Waals surface area contributed by atoms with Crippen molar-refractivity contribution in [1.29, 1.82) is 0 Å². The fraction of sp³-hybridized carbons (Fsp3) is 0.628. The fourth-order valence-electron chi connectivity index (χ4n) is 8.24. The Labute approximate surface area is 343 Å². The summed E-state index contributed by atoms with van der Waals surface area (Å²) in [5.41, 5.74) is 3.20. The number of likely N-dealkylation sites (N-methyl/N-ethyl adjacent to an activating group) is 1. The maximum absolute atomic E-state index is 14.0. The van der Waals surface area contributed by atoms with E-state index in [1.807, 2.05) is 43.3 Å². The minimum absolute atomic E-state index is 0.0178. The van der Waals surface area contributed by atoms with E-state index in [2.05, 4.69) is 22.0 Å². The first-order valence-corrected chi connectivity index (χ1v) is 21.0. The first kappa shape index (κ1) is 44.0. The number of aryl methyl sites for hydroxylation is 1. The number of amides is 4. The normalized spacial score (nSPS) is 18.1. The molecule has 2 fully saturated rings. The molecule has 14 heteroatoms. The van der Waals surface area contributed by atoms with Gasteiger partial charge in [0.15, 0.2) is 6.10 Å². The zero-order valence-corrected chi connectivity index (χ0v) is 35.3. The molecule has 4 amide bonds. The molecule has 13 nitrogen and oxygen atoms in total. The van der Waals surface area contributed by atoms with Gasteiger partial charge in [0.25, 0.3) is 5.91 Å². The minimum Gasteiger partial charge on any atom is -0.506 e. The molecule has 3 aliphatic heterocycles. The Bertz CT molecular complexity index is 1650. The summed E-state index contributed by atoms with van der Waals surface area (Å²) in [7, 11) is 5.76. The van der Waals surface area contributed by atoms with Crippen molar-refractivity contribution in [3.63, 3.8) is 0 Å². The van der Waals surface area contributed by atoms with Gasteiger partial charge in [-0.15, -0.1) is 0 Å². The van der Waals surface area contributed by atoms with Crippen molar-refractivity contribution in [1.82, 2.24) is 24.5 Å². The maximum atomic E-state index is 14.0. The van der Waals surface area contributed by atoms with Crippen molar-refractivity contribution in [2.75, 3.05) is 85.4 Å². The number of likely N-dealkylation sites (tertiary alicyclic amines) is 2. The molecule has 0 radical (unpaired) electrons. The molecule has 2 saturated heterocycles. The second-order valence-corrected chi connectivity index (χ2v) is 16.8. The minimum atomic E-state index is -1.09.